The van der Waals surface area contributed by atoms with E-state index in [1.165, 1.54) is 12.3 Å². The Morgan fingerprint density at radius 2 is 2.20 bits per heavy atom. The van der Waals surface area contributed by atoms with Gasteiger partial charge < -0.3 is 10.5 Å². The van der Waals surface area contributed by atoms with Gasteiger partial charge in [0, 0.05) is 23.9 Å². The minimum absolute atomic E-state index is 0.244. The highest BCUT2D eigenvalue weighted by Gasteiger charge is 2.08. The molecule has 0 radical (unpaired) electrons. The van der Waals surface area contributed by atoms with Crippen LogP contribution in [-0.4, -0.2) is 4.98 Å². The molecular formula is C15H14FN3O. The highest BCUT2D eigenvalue weighted by molar-refractivity contribution is 5.31. The van der Waals surface area contributed by atoms with Crippen molar-refractivity contribution in [1.82, 2.24) is 4.98 Å². The number of benzene rings is 1. The summed E-state index contributed by atoms with van der Waals surface area (Å²) in [5.74, 6) is 0.0344. The molecular weight excluding hydrogens is 257 g/mol. The summed E-state index contributed by atoms with van der Waals surface area (Å²) in [7, 11) is 0. The molecule has 20 heavy (non-hydrogen) atoms. The second-order valence-corrected chi connectivity index (χ2v) is 4.42. The van der Waals surface area contributed by atoms with Gasteiger partial charge in [-0.1, -0.05) is 6.07 Å². The number of nitrogens with two attached hydrogens (primary N) is 1. The van der Waals surface area contributed by atoms with Gasteiger partial charge in [0.25, 0.3) is 0 Å². The zero-order valence-corrected chi connectivity index (χ0v) is 11.0. The fraction of sp³-hybridized carbons (Fsp3) is 0.200. The normalized spacial score (nSPS) is 11.7. The summed E-state index contributed by atoms with van der Waals surface area (Å²) in [4.78, 5) is 3.87. The first-order valence-electron chi connectivity index (χ1n) is 6.13. The van der Waals surface area contributed by atoms with Crippen LogP contribution >= 0.6 is 0 Å². The van der Waals surface area contributed by atoms with E-state index in [-0.39, 0.29) is 18.5 Å². The van der Waals surface area contributed by atoms with Gasteiger partial charge in [0.1, 0.15) is 29.9 Å². The van der Waals surface area contributed by atoms with Crippen LogP contribution in [0.3, 0.4) is 0 Å². The Hall–Kier alpha value is -2.45. The molecule has 0 saturated carbocycles. The first-order valence-corrected chi connectivity index (χ1v) is 6.13. The van der Waals surface area contributed by atoms with E-state index in [1.807, 2.05) is 6.07 Å². The zero-order valence-electron chi connectivity index (χ0n) is 11.0. The van der Waals surface area contributed by atoms with Crippen molar-refractivity contribution in [1.29, 1.82) is 5.26 Å². The van der Waals surface area contributed by atoms with E-state index in [9.17, 15) is 4.39 Å². The molecule has 1 atom stereocenters. The second-order valence-electron chi connectivity index (χ2n) is 4.42. The molecule has 0 amide bonds. The van der Waals surface area contributed by atoms with E-state index in [4.69, 9.17) is 15.7 Å². The first-order chi connectivity index (χ1) is 9.60. The van der Waals surface area contributed by atoms with Gasteiger partial charge in [0.2, 0.25) is 0 Å². The maximum Gasteiger partial charge on any atom is 0.140 e. The lowest BCUT2D eigenvalue weighted by molar-refractivity contribution is 0.304. The van der Waals surface area contributed by atoms with Gasteiger partial charge in [-0.05, 0) is 30.7 Å². The zero-order chi connectivity index (χ0) is 14.5. The molecule has 4 nitrogen and oxygen atoms in total. The van der Waals surface area contributed by atoms with Crippen molar-refractivity contribution in [2.24, 2.45) is 5.73 Å². The Kier molecular flexibility index (Phi) is 4.28. The Morgan fingerprint density at radius 1 is 1.40 bits per heavy atom. The van der Waals surface area contributed by atoms with Crippen LogP contribution in [0, 0.1) is 17.1 Å². The summed E-state index contributed by atoms with van der Waals surface area (Å²) in [5, 5.41) is 8.75. The minimum Gasteiger partial charge on any atom is -0.489 e. The molecule has 1 aromatic heterocycles. The molecule has 0 aliphatic carbocycles. The number of hydrogen-bond donors (Lipinski definition) is 1. The molecule has 0 fully saturated rings. The van der Waals surface area contributed by atoms with Crippen LogP contribution in [0.5, 0.6) is 5.75 Å². The molecule has 0 aliphatic heterocycles. The molecule has 1 heterocycles. The summed E-state index contributed by atoms with van der Waals surface area (Å²) in [6.07, 6.45) is 1.54. The lowest BCUT2D eigenvalue weighted by atomic mass is 10.1. The number of rotatable bonds is 4. The number of aromatic nitrogens is 1. The van der Waals surface area contributed by atoms with Crippen LogP contribution in [0.1, 0.15) is 29.8 Å². The summed E-state index contributed by atoms with van der Waals surface area (Å²) >= 11 is 0. The van der Waals surface area contributed by atoms with Crippen molar-refractivity contribution in [2.45, 2.75) is 19.6 Å². The predicted octanol–water partition coefficient (Wildman–Crippen LogP) is 2.69. The second kappa shape index (κ2) is 6.13. The van der Waals surface area contributed by atoms with Crippen LogP contribution in [0.4, 0.5) is 4.39 Å². The monoisotopic (exact) mass is 271 g/mol. The lowest BCUT2D eigenvalue weighted by Gasteiger charge is -2.10. The topological polar surface area (TPSA) is 71.9 Å². The molecule has 0 bridgehead atoms. The largest absolute Gasteiger partial charge is 0.489 e. The molecule has 1 aromatic carbocycles. The van der Waals surface area contributed by atoms with E-state index < -0.39 is 0 Å². The lowest BCUT2D eigenvalue weighted by Crippen LogP contribution is -2.07. The van der Waals surface area contributed by atoms with E-state index >= 15 is 0 Å². The maximum absolute atomic E-state index is 13.7. The Labute approximate surface area is 116 Å². The molecule has 5 heteroatoms. The third kappa shape index (κ3) is 3.31. The average molecular weight is 271 g/mol. The SMILES string of the molecule is C[C@H](N)c1ccc(OCc2ccnc(C#N)c2)cc1F. The first kappa shape index (κ1) is 14.0. The van der Waals surface area contributed by atoms with E-state index in [0.29, 0.717) is 17.0 Å². The molecule has 0 saturated heterocycles. The van der Waals surface area contributed by atoms with Gasteiger partial charge in [-0.3, -0.25) is 0 Å². The van der Waals surface area contributed by atoms with E-state index in [1.54, 1.807) is 31.2 Å². The van der Waals surface area contributed by atoms with Crippen molar-refractivity contribution in [3.05, 3.63) is 59.2 Å². The van der Waals surface area contributed by atoms with Crippen LogP contribution in [0.25, 0.3) is 0 Å². The number of pyridine rings is 1. The van der Waals surface area contributed by atoms with Gasteiger partial charge in [-0.2, -0.15) is 5.26 Å². The van der Waals surface area contributed by atoms with Crippen molar-refractivity contribution in [3.8, 4) is 11.8 Å². The van der Waals surface area contributed by atoms with Crippen LogP contribution in [0.2, 0.25) is 0 Å². The van der Waals surface area contributed by atoms with Gasteiger partial charge in [-0.25, -0.2) is 9.37 Å². The summed E-state index contributed by atoms with van der Waals surface area (Å²) in [6, 6.07) is 9.57. The summed E-state index contributed by atoms with van der Waals surface area (Å²) in [5.41, 5.74) is 7.22. The molecule has 0 spiro atoms. The maximum atomic E-state index is 13.7. The Morgan fingerprint density at radius 3 is 2.85 bits per heavy atom. The number of ether oxygens (including phenoxy) is 1. The number of hydrogen-bond acceptors (Lipinski definition) is 4. The van der Waals surface area contributed by atoms with Crippen molar-refractivity contribution in [3.63, 3.8) is 0 Å². The number of nitrogens with zero attached hydrogens (tertiary/aromatic N) is 2. The predicted molar refractivity (Wildman–Crippen MR) is 72.3 cm³/mol. The smallest absolute Gasteiger partial charge is 0.140 e. The fourth-order valence-corrected chi connectivity index (χ4v) is 1.76. The van der Waals surface area contributed by atoms with Gasteiger partial charge in [-0.15, -0.1) is 0 Å². The van der Waals surface area contributed by atoms with Crippen LogP contribution in [0.15, 0.2) is 36.5 Å². The highest BCUT2D eigenvalue weighted by Crippen LogP contribution is 2.21. The third-order valence-corrected chi connectivity index (χ3v) is 2.81. The van der Waals surface area contributed by atoms with Crippen molar-refractivity contribution < 1.29 is 9.13 Å². The van der Waals surface area contributed by atoms with Crippen molar-refractivity contribution in [2.75, 3.05) is 0 Å². The quantitative estimate of drug-likeness (QED) is 0.928. The molecule has 0 unspecified atom stereocenters. The molecule has 0 aliphatic rings. The molecule has 2 aromatic rings. The molecule has 2 N–H and O–H groups in total. The number of halogens is 1. The van der Waals surface area contributed by atoms with Gasteiger partial charge >= 0.3 is 0 Å². The number of nitriles is 1. The Balaban J connectivity index is 2.07. The summed E-state index contributed by atoms with van der Waals surface area (Å²) in [6.45, 7) is 1.97. The van der Waals surface area contributed by atoms with Crippen molar-refractivity contribution >= 4 is 0 Å². The van der Waals surface area contributed by atoms with Gasteiger partial charge in [0.05, 0.1) is 0 Å². The van der Waals surface area contributed by atoms with Crippen LogP contribution in [-0.2, 0) is 6.61 Å². The van der Waals surface area contributed by atoms with E-state index in [0.717, 1.165) is 5.56 Å². The standard InChI is InChI=1S/C15H14FN3O/c1-10(18)14-3-2-13(7-15(14)16)20-9-11-4-5-19-12(6-11)8-17/h2-7,10H,9,18H2,1H3/t10-/m0/s1. The average Bonchev–Trinajstić information content (AvgIpc) is 2.45. The van der Waals surface area contributed by atoms with Gasteiger partial charge in [0.15, 0.2) is 0 Å². The fourth-order valence-electron chi connectivity index (χ4n) is 1.76. The summed E-state index contributed by atoms with van der Waals surface area (Å²) < 4.78 is 19.2. The minimum atomic E-state index is -0.384. The molecule has 2 rings (SSSR count). The van der Waals surface area contributed by atoms with E-state index in [2.05, 4.69) is 4.98 Å². The molecule has 102 valence electrons. The highest BCUT2D eigenvalue weighted by atomic mass is 19.1. The van der Waals surface area contributed by atoms with Crippen LogP contribution < -0.4 is 10.5 Å². The Bertz CT molecular complexity index is 650. The third-order valence-electron chi connectivity index (χ3n) is 2.81.